The summed E-state index contributed by atoms with van der Waals surface area (Å²) in [5, 5.41) is 3.34. The van der Waals surface area contributed by atoms with Crippen LogP contribution in [0.4, 0.5) is 9.39 Å². The van der Waals surface area contributed by atoms with Crippen molar-refractivity contribution >= 4 is 22.7 Å². The second-order valence-electron chi connectivity index (χ2n) is 3.66. The molecule has 0 bridgehead atoms. The minimum Gasteiger partial charge on any atom is -0.488 e. The highest BCUT2D eigenvalue weighted by atomic mass is 32.1. The van der Waals surface area contributed by atoms with Gasteiger partial charge in [-0.15, -0.1) is 11.3 Å². The molecular formula is C12H8FNO2S. The van der Waals surface area contributed by atoms with Crippen LogP contribution in [0.5, 0.6) is 5.75 Å². The van der Waals surface area contributed by atoms with E-state index in [4.69, 9.17) is 4.74 Å². The van der Waals surface area contributed by atoms with E-state index in [0.29, 0.717) is 18.8 Å². The number of amides is 1. The second-order valence-corrected chi connectivity index (χ2v) is 4.71. The number of thiophene rings is 1. The van der Waals surface area contributed by atoms with Gasteiger partial charge in [0.05, 0.1) is 5.00 Å². The molecule has 2 aromatic rings. The lowest BCUT2D eigenvalue weighted by molar-refractivity contribution is -0.105. The molecule has 3 nitrogen and oxygen atoms in total. The molecule has 0 radical (unpaired) electrons. The van der Waals surface area contributed by atoms with Crippen LogP contribution in [0.2, 0.25) is 0 Å². The first-order valence-electron chi connectivity index (χ1n) is 5.03. The number of carbonyl (C=O) groups is 1. The molecule has 0 fully saturated rings. The quantitative estimate of drug-likeness (QED) is 0.831. The number of hydrogen-bond acceptors (Lipinski definition) is 3. The summed E-state index contributed by atoms with van der Waals surface area (Å²) in [5.74, 6) is 0.386. The maximum atomic E-state index is 13.2. The lowest BCUT2D eigenvalue weighted by atomic mass is 10.1. The van der Waals surface area contributed by atoms with Crippen molar-refractivity contribution in [1.29, 1.82) is 0 Å². The van der Waals surface area contributed by atoms with Crippen molar-refractivity contribution in [3.8, 4) is 16.2 Å². The van der Waals surface area contributed by atoms with E-state index in [2.05, 4.69) is 5.32 Å². The number of benzene rings is 1. The molecule has 0 unspecified atom stereocenters. The molecule has 1 N–H and O–H groups in total. The Kier molecular flexibility index (Phi) is 2.33. The molecule has 0 saturated heterocycles. The minimum atomic E-state index is -0.293. The highest BCUT2D eigenvalue weighted by Crippen LogP contribution is 2.44. The first-order chi connectivity index (χ1) is 8.28. The number of hydrogen-bond donors (Lipinski definition) is 1. The molecule has 1 amide bonds. The molecule has 3 rings (SSSR count). The average molecular weight is 249 g/mol. The number of anilines is 1. The Bertz CT molecular complexity index is 594. The maximum Gasteiger partial charge on any atom is 0.212 e. The Hall–Kier alpha value is -1.88. The van der Waals surface area contributed by atoms with Crippen molar-refractivity contribution in [2.24, 2.45) is 0 Å². The molecular weight excluding hydrogens is 241 g/mol. The molecule has 0 saturated carbocycles. The van der Waals surface area contributed by atoms with E-state index in [-0.39, 0.29) is 5.82 Å². The van der Waals surface area contributed by atoms with Gasteiger partial charge in [-0.1, -0.05) is 0 Å². The van der Waals surface area contributed by atoms with Crippen molar-refractivity contribution < 1.29 is 13.9 Å². The average Bonchev–Trinajstić information content (AvgIpc) is 2.72. The molecule has 0 aliphatic carbocycles. The fourth-order valence-corrected chi connectivity index (χ4v) is 2.90. The van der Waals surface area contributed by atoms with Crippen LogP contribution < -0.4 is 10.1 Å². The zero-order valence-electron chi connectivity index (χ0n) is 8.70. The van der Waals surface area contributed by atoms with Gasteiger partial charge in [-0.2, -0.15) is 0 Å². The molecule has 1 aromatic carbocycles. The highest BCUT2D eigenvalue weighted by molar-refractivity contribution is 7.19. The summed E-state index contributed by atoms with van der Waals surface area (Å²) in [6.45, 7) is 0.449. The monoisotopic (exact) mass is 249 g/mol. The third-order valence-electron chi connectivity index (χ3n) is 2.58. The fourth-order valence-electron chi connectivity index (χ4n) is 1.85. The minimum absolute atomic E-state index is 0.293. The van der Waals surface area contributed by atoms with Crippen molar-refractivity contribution in [1.82, 2.24) is 0 Å². The number of halogens is 1. The molecule has 17 heavy (non-hydrogen) atoms. The van der Waals surface area contributed by atoms with Gasteiger partial charge in [0.25, 0.3) is 0 Å². The van der Waals surface area contributed by atoms with Crippen molar-refractivity contribution in [2.45, 2.75) is 6.61 Å². The summed E-state index contributed by atoms with van der Waals surface area (Å²) in [6, 6.07) is 6.30. The lowest BCUT2D eigenvalue weighted by Gasteiger charge is -2.17. The third-order valence-corrected chi connectivity index (χ3v) is 3.72. The smallest absolute Gasteiger partial charge is 0.212 e. The predicted octanol–water partition coefficient (Wildman–Crippen LogP) is 3.01. The molecule has 2 heterocycles. The maximum absolute atomic E-state index is 13.2. The second kappa shape index (κ2) is 3.85. The zero-order valence-corrected chi connectivity index (χ0v) is 9.51. The number of nitrogens with one attached hydrogen (secondary N) is 1. The normalized spacial score (nSPS) is 12.3. The summed E-state index contributed by atoms with van der Waals surface area (Å²) < 4.78 is 18.7. The van der Waals surface area contributed by atoms with E-state index in [9.17, 15) is 9.18 Å². The van der Waals surface area contributed by atoms with Crippen LogP contribution in [-0.2, 0) is 11.4 Å². The fraction of sp³-hybridized carbons (Fsp3) is 0.0833. The number of rotatable bonds is 2. The van der Waals surface area contributed by atoms with Gasteiger partial charge in [-0.25, -0.2) is 4.39 Å². The number of carbonyl (C=O) groups excluding carboxylic acids is 1. The van der Waals surface area contributed by atoms with Gasteiger partial charge in [-0.3, -0.25) is 4.79 Å². The predicted molar refractivity (Wildman–Crippen MR) is 63.7 cm³/mol. The summed E-state index contributed by atoms with van der Waals surface area (Å²) >= 11 is 1.42. The zero-order chi connectivity index (χ0) is 11.8. The Morgan fingerprint density at radius 2 is 2.29 bits per heavy atom. The van der Waals surface area contributed by atoms with Gasteiger partial charge in [0.2, 0.25) is 6.41 Å². The van der Waals surface area contributed by atoms with Crippen molar-refractivity contribution in [3.05, 3.63) is 35.6 Å². The molecule has 86 valence electrons. The van der Waals surface area contributed by atoms with E-state index in [1.807, 2.05) is 6.07 Å². The number of fused-ring (bicyclic) bond motifs is 3. The van der Waals surface area contributed by atoms with Crippen LogP contribution in [-0.4, -0.2) is 6.41 Å². The van der Waals surface area contributed by atoms with Crippen LogP contribution in [0, 0.1) is 5.82 Å². The largest absolute Gasteiger partial charge is 0.488 e. The Morgan fingerprint density at radius 1 is 1.41 bits per heavy atom. The van der Waals surface area contributed by atoms with E-state index < -0.39 is 0 Å². The SMILES string of the molecule is O=CNc1cc2c(s1)-c1cc(F)ccc1OC2. The van der Waals surface area contributed by atoms with E-state index in [1.165, 1.54) is 23.5 Å². The van der Waals surface area contributed by atoms with E-state index >= 15 is 0 Å². The first-order valence-corrected chi connectivity index (χ1v) is 5.85. The Labute approximate surface area is 101 Å². The van der Waals surface area contributed by atoms with Gasteiger partial charge in [0, 0.05) is 16.0 Å². The van der Waals surface area contributed by atoms with Gasteiger partial charge in [0.1, 0.15) is 18.2 Å². The highest BCUT2D eigenvalue weighted by Gasteiger charge is 2.20. The summed E-state index contributed by atoms with van der Waals surface area (Å²) in [5.41, 5.74) is 1.72. The number of ether oxygens (including phenoxy) is 1. The van der Waals surface area contributed by atoms with Gasteiger partial charge < -0.3 is 10.1 Å². The van der Waals surface area contributed by atoms with Crippen LogP contribution >= 0.6 is 11.3 Å². The van der Waals surface area contributed by atoms with Gasteiger partial charge >= 0.3 is 0 Å². The van der Waals surface area contributed by atoms with Gasteiger partial charge in [-0.05, 0) is 24.3 Å². The Balaban J connectivity index is 2.14. The lowest BCUT2D eigenvalue weighted by Crippen LogP contribution is -2.02. The molecule has 0 spiro atoms. The van der Waals surface area contributed by atoms with Crippen LogP contribution in [0.15, 0.2) is 24.3 Å². The topological polar surface area (TPSA) is 38.3 Å². The summed E-state index contributed by atoms with van der Waals surface area (Å²) in [7, 11) is 0. The van der Waals surface area contributed by atoms with Crippen LogP contribution in [0.3, 0.4) is 0 Å². The van der Waals surface area contributed by atoms with Crippen LogP contribution in [0.25, 0.3) is 10.4 Å². The third kappa shape index (κ3) is 1.68. The molecule has 1 aromatic heterocycles. The standard InChI is InChI=1S/C12H8FNO2S/c13-8-1-2-10-9(4-8)12-7(5-16-10)3-11(17-12)14-6-15/h1-4,6H,5H2,(H,14,15). The van der Waals surface area contributed by atoms with E-state index in [0.717, 1.165) is 21.0 Å². The first kappa shape index (κ1) is 10.3. The van der Waals surface area contributed by atoms with Crippen LogP contribution in [0.1, 0.15) is 5.56 Å². The molecule has 1 aliphatic heterocycles. The van der Waals surface area contributed by atoms with Gasteiger partial charge in [0.15, 0.2) is 0 Å². The summed E-state index contributed by atoms with van der Waals surface area (Å²) in [4.78, 5) is 11.3. The Morgan fingerprint density at radius 3 is 3.12 bits per heavy atom. The van der Waals surface area contributed by atoms with E-state index in [1.54, 1.807) is 6.07 Å². The molecule has 5 heteroatoms. The molecule has 0 atom stereocenters. The summed E-state index contributed by atoms with van der Waals surface area (Å²) in [6.07, 6.45) is 0.630. The van der Waals surface area contributed by atoms with Crippen molar-refractivity contribution in [3.63, 3.8) is 0 Å². The molecule has 1 aliphatic rings. The van der Waals surface area contributed by atoms with Crippen molar-refractivity contribution in [2.75, 3.05) is 5.32 Å².